The van der Waals surface area contributed by atoms with Gasteiger partial charge in [-0.3, -0.25) is 4.79 Å². The van der Waals surface area contributed by atoms with Crippen molar-refractivity contribution in [3.8, 4) is 5.69 Å². The van der Waals surface area contributed by atoms with E-state index in [4.69, 9.17) is 5.73 Å². The quantitative estimate of drug-likeness (QED) is 0.883. The third-order valence-electron chi connectivity index (χ3n) is 3.29. The molecular formula is C13H14BrN5O. The minimum absolute atomic E-state index is 0.162. The van der Waals surface area contributed by atoms with Crippen LogP contribution in [0.1, 0.15) is 23.3 Å². The summed E-state index contributed by atoms with van der Waals surface area (Å²) in [6, 6.07) is 7.91. The molecule has 1 amide bonds. The Bertz CT molecular complexity index is 618. The van der Waals surface area contributed by atoms with Crippen molar-refractivity contribution in [1.29, 1.82) is 0 Å². The molecule has 104 valence electrons. The summed E-state index contributed by atoms with van der Waals surface area (Å²) in [7, 11) is 0. The zero-order chi connectivity index (χ0) is 14.1. The zero-order valence-corrected chi connectivity index (χ0v) is 12.2. The first-order chi connectivity index (χ1) is 9.61. The van der Waals surface area contributed by atoms with Crippen molar-refractivity contribution < 1.29 is 4.79 Å². The van der Waals surface area contributed by atoms with E-state index in [1.54, 1.807) is 0 Å². The molecule has 7 heteroatoms. The Kier molecular flexibility index (Phi) is 3.54. The molecule has 6 nitrogen and oxygen atoms in total. The second-order valence-electron chi connectivity index (χ2n) is 4.90. The van der Waals surface area contributed by atoms with Crippen LogP contribution in [0.25, 0.3) is 5.69 Å². The van der Waals surface area contributed by atoms with Crippen molar-refractivity contribution in [3.63, 3.8) is 0 Å². The predicted molar refractivity (Wildman–Crippen MR) is 77.5 cm³/mol. The molecule has 0 radical (unpaired) electrons. The molecule has 0 atom stereocenters. The smallest absolute Gasteiger partial charge is 0.273 e. The van der Waals surface area contributed by atoms with Gasteiger partial charge in [0, 0.05) is 16.6 Å². The average Bonchev–Trinajstić information content (AvgIpc) is 2.87. The Morgan fingerprint density at radius 2 is 2.05 bits per heavy atom. The number of nitrogens with one attached hydrogen (secondary N) is 1. The third kappa shape index (κ3) is 2.73. The number of carbonyl (C=O) groups excluding carboxylic acids is 1. The summed E-state index contributed by atoms with van der Waals surface area (Å²) < 4.78 is 0.979. The molecule has 20 heavy (non-hydrogen) atoms. The highest BCUT2D eigenvalue weighted by molar-refractivity contribution is 9.10. The van der Waals surface area contributed by atoms with E-state index in [-0.39, 0.29) is 18.0 Å². The van der Waals surface area contributed by atoms with Crippen LogP contribution >= 0.6 is 15.9 Å². The van der Waals surface area contributed by atoms with E-state index < -0.39 is 0 Å². The lowest BCUT2D eigenvalue weighted by Gasteiger charge is -2.32. The van der Waals surface area contributed by atoms with Crippen LogP contribution in [0.5, 0.6) is 0 Å². The minimum atomic E-state index is -0.203. The van der Waals surface area contributed by atoms with Gasteiger partial charge in [-0.05, 0) is 37.1 Å². The maximum Gasteiger partial charge on any atom is 0.273 e. The zero-order valence-electron chi connectivity index (χ0n) is 10.7. The van der Waals surface area contributed by atoms with E-state index in [2.05, 4.69) is 31.4 Å². The lowest BCUT2D eigenvalue weighted by Crippen LogP contribution is -2.50. The Morgan fingerprint density at radius 3 is 2.70 bits per heavy atom. The molecule has 1 aromatic carbocycles. The van der Waals surface area contributed by atoms with Crippen LogP contribution in [0.2, 0.25) is 0 Å². The average molecular weight is 336 g/mol. The maximum absolute atomic E-state index is 12.0. The van der Waals surface area contributed by atoms with E-state index in [0.717, 1.165) is 23.0 Å². The highest BCUT2D eigenvalue weighted by Crippen LogP contribution is 2.18. The van der Waals surface area contributed by atoms with Crippen molar-refractivity contribution in [2.24, 2.45) is 5.73 Å². The Balaban J connectivity index is 1.70. The van der Waals surface area contributed by atoms with Gasteiger partial charge in [0.25, 0.3) is 5.91 Å². The van der Waals surface area contributed by atoms with Crippen molar-refractivity contribution in [1.82, 2.24) is 20.3 Å². The highest BCUT2D eigenvalue weighted by atomic mass is 79.9. The van der Waals surface area contributed by atoms with Gasteiger partial charge < -0.3 is 11.1 Å². The van der Waals surface area contributed by atoms with Gasteiger partial charge in [-0.25, -0.2) is 0 Å². The Labute approximate surface area is 124 Å². The van der Waals surface area contributed by atoms with Crippen LogP contribution in [0, 0.1) is 0 Å². The number of amides is 1. The van der Waals surface area contributed by atoms with E-state index in [1.165, 1.54) is 11.0 Å². The number of hydrogen-bond acceptors (Lipinski definition) is 4. The summed E-state index contributed by atoms with van der Waals surface area (Å²) in [6.45, 7) is 0. The molecular weight excluding hydrogens is 322 g/mol. The second-order valence-corrected chi connectivity index (χ2v) is 5.81. The fraction of sp³-hybridized carbons (Fsp3) is 0.308. The molecule has 1 heterocycles. The topological polar surface area (TPSA) is 85.8 Å². The first kappa shape index (κ1) is 13.3. The summed E-state index contributed by atoms with van der Waals surface area (Å²) in [6.07, 6.45) is 3.12. The molecule has 1 aliphatic rings. The number of nitrogens with two attached hydrogens (primary N) is 1. The van der Waals surface area contributed by atoms with Gasteiger partial charge in [0.05, 0.1) is 11.9 Å². The van der Waals surface area contributed by atoms with Crippen molar-refractivity contribution in [3.05, 3.63) is 40.6 Å². The van der Waals surface area contributed by atoms with Crippen LogP contribution in [-0.4, -0.2) is 33.0 Å². The number of nitrogens with zero attached hydrogens (tertiary/aromatic N) is 3. The summed E-state index contributed by atoms with van der Waals surface area (Å²) in [5.74, 6) is -0.203. The molecule has 1 aromatic heterocycles. The van der Waals surface area contributed by atoms with Crippen LogP contribution in [0.4, 0.5) is 0 Å². The van der Waals surface area contributed by atoms with Gasteiger partial charge in [-0.1, -0.05) is 15.9 Å². The molecule has 0 spiro atoms. The number of carbonyl (C=O) groups is 1. The van der Waals surface area contributed by atoms with Gasteiger partial charge in [-0.2, -0.15) is 9.90 Å². The summed E-state index contributed by atoms with van der Waals surface area (Å²) in [5.41, 5.74) is 6.81. The molecule has 3 rings (SSSR count). The first-order valence-corrected chi connectivity index (χ1v) is 7.16. The van der Waals surface area contributed by atoms with Crippen LogP contribution in [0.3, 0.4) is 0 Å². The number of halogens is 1. The Morgan fingerprint density at radius 1 is 1.35 bits per heavy atom. The van der Waals surface area contributed by atoms with Gasteiger partial charge >= 0.3 is 0 Å². The van der Waals surface area contributed by atoms with Gasteiger partial charge in [0.15, 0.2) is 5.69 Å². The monoisotopic (exact) mass is 335 g/mol. The molecule has 0 unspecified atom stereocenters. The van der Waals surface area contributed by atoms with Crippen molar-refractivity contribution in [2.75, 3.05) is 0 Å². The first-order valence-electron chi connectivity index (χ1n) is 6.36. The van der Waals surface area contributed by atoms with Crippen LogP contribution < -0.4 is 11.1 Å². The molecule has 1 aliphatic carbocycles. The standard InChI is InChI=1S/C13H14BrN5O/c14-8-1-3-11(4-2-8)19-16-7-12(18-19)13(20)17-10-5-9(15)6-10/h1-4,7,9-10H,5-6,15H2,(H,17,20). The maximum atomic E-state index is 12.0. The number of aromatic nitrogens is 3. The third-order valence-corrected chi connectivity index (χ3v) is 3.82. The van der Waals surface area contributed by atoms with E-state index >= 15 is 0 Å². The van der Waals surface area contributed by atoms with E-state index in [1.807, 2.05) is 24.3 Å². The van der Waals surface area contributed by atoms with Crippen LogP contribution in [0.15, 0.2) is 34.9 Å². The number of hydrogen-bond donors (Lipinski definition) is 2. The predicted octanol–water partition coefficient (Wildman–Crippen LogP) is 1.25. The molecule has 2 aromatic rings. The van der Waals surface area contributed by atoms with Gasteiger partial charge in [0.1, 0.15) is 0 Å². The fourth-order valence-electron chi connectivity index (χ4n) is 2.10. The molecule has 3 N–H and O–H groups in total. The summed E-state index contributed by atoms with van der Waals surface area (Å²) in [5, 5.41) is 11.2. The molecule has 0 saturated heterocycles. The summed E-state index contributed by atoms with van der Waals surface area (Å²) >= 11 is 3.37. The Hall–Kier alpha value is -1.73. The molecule has 1 saturated carbocycles. The molecule has 0 bridgehead atoms. The minimum Gasteiger partial charge on any atom is -0.348 e. The molecule has 1 fully saturated rings. The normalized spacial score (nSPS) is 21.3. The fourth-order valence-corrected chi connectivity index (χ4v) is 2.37. The van der Waals surface area contributed by atoms with E-state index in [9.17, 15) is 4.79 Å². The van der Waals surface area contributed by atoms with Gasteiger partial charge in [-0.15, -0.1) is 5.10 Å². The van der Waals surface area contributed by atoms with E-state index in [0.29, 0.717) is 5.69 Å². The number of rotatable bonds is 3. The van der Waals surface area contributed by atoms with Crippen molar-refractivity contribution in [2.45, 2.75) is 24.9 Å². The summed E-state index contributed by atoms with van der Waals surface area (Å²) in [4.78, 5) is 13.4. The second kappa shape index (κ2) is 5.34. The molecule has 0 aliphatic heterocycles. The largest absolute Gasteiger partial charge is 0.348 e. The lowest BCUT2D eigenvalue weighted by molar-refractivity contribution is 0.0904. The SMILES string of the molecule is NC1CC(NC(=O)c2cnn(-c3ccc(Br)cc3)n2)C1. The van der Waals surface area contributed by atoms with Crippen molar-refractivity contribution >= 4 is 21.8 Å². The lowest BCUT2D eigenvalue weighted by atomic mass is 9.87. The highest BCUT2D eigenvalue weighted by Gasteiger charge is 2.28. The van der Waals surface area contributed by atoms with Gasteiger partial charge in [0.2, 0.25) is 0 Å². The van der Waals surface area contributed by atoms with Crippen LogP contribution in [-0.2, 0) is 0 Å². The number of benzene rings is 1.